The molecular formula is C25H29N5O4S. The second-order valence-corrected chi connectivity index (χ2v) is 11.5. The number of likely N-dealkylation sites (tertiary alicyclic amines) is 1. The molecule has 1 aromatic carbocycles. The molecular weight excluding hydrogens is 466 g/mol. The van der Waals surface area contributed by atoms with Crippen LogP contribution in [0.1, 0.15) is 48.0 Å². The number of imidazole rings is 1. The molecule has 0 bridgehead atoms. The van der Waals surface area contributed by atoms with Crippen LogP contribution in [0.15, 0.2) is 36.4 Å². The molecule has 2 fully saturated rings. The minimum atomic E-state index is -3.09. The molecule has 4 heterocycles. The Balaban J connectivity index is 1.46. The minimum absolute atomic E-state index is 0.0685. The van der Waals surface area contributed by atoms with Crippen molar-refractivity contribution < 1.29 is 18.0 Å². The maximum Gasteiger partial charge on any atom is 0.272 e. The van der Waals surface area contributed by atoms with Crippen molar-refractivity contribution in [2.24, 2.45) is 0 Å². The van der Waals surface area contributed by atoms with Crippen LogP contribution in [-0.2, 0) is 14.6 Å². The Labute approximate surface area is 204 Å². The number of fused-ring (bicyclic) bond motifs is 1. The molecule has 184 valence electrons. The van der Waals surface area contributed by atoms with E-state index in [-0.39, 0.29) is 35.1 Å². The normalized spacial score (nSPS) is 19.5. The van der Waals surface area contributed by atoms with E-state index < -0.39 is 9.84 Å². The number of hydrogen-bond acceptors (Lipinski definition) is 6. The van der Waals surface area contributed by atoms with Gasteiger partial charge in [-0.15, -0.1) is 0 Å². The van der Waals surface area contributed by atoms with Gasteiger partial charge in [0.05, 0.1) is 28.8 Å². The molecule has 2 amide bonds. The molecule has 0 saturated carbocycles. The molecule has 2 aromatic heterocycles. The van der Waals surface area contributed by atoms with E-state index in [0.717, 1.165) is 18.5 Å². The van der Waals surface area contributed by atoms with Crippen molar-refractivity contribution in [1.82, 2.24) is 24.8 Å². The summed E-state index contributed by atoms with van der Waals surface area (Å²) in [7, 11) is -3.09. The topological polar surface area (TPSA) is 114 Å². The predicted molar refractivity (Wildman–Crippen MR) is 133 cm³/mol. The molecule has 1 N–H and O–H groups in total. The monoisotopic (exact) mass is 495 g/mol. The highest BCUT2D eigenvalue weighted by molar-refractivity contribution is 7.91. The number of carbonyl (C=O) groups is 2. The largest absolute Gasteiger partial charge is 0.351 e. The quantitative estimate of drug-likeness (QED) is 0.504. The zero-order chi connectivity index (χ0) is 24.6. The highest BCUT2D eigenvalue weighted by Crippen LogP contribution is 2.32. The lowest BCUT2D eigenvalue weighted by molar-refractivity contribution is -0.127. The van der Waals surface area contributed by atoms with Gasteiger partial charge in [0, 0.05) is 31.6 Å². The Bertz CT molecular complexity index is 1380. The van der Waals surface area contributed by atoms with Gasteiger partial charge in [0.2, 0.25) is 5.91 Å². The third-order valence-corrected chi connectivity index (χ3v) is 8.52. The van der Waals surface area contributed by atoms with Crippen LogP contribution < -0.4 is 5.32 Å². The summed E-state index contributed by atoms with van der Waals surface area (Å²) in [6.45, 7) is 3.65. The Hall–Kier alpha value is -3.27. The summed E-state index contributed by atoms with van der Waals surface area (Å²) in [5, 5.41) is 2.94. The molecule has 2 aliphatic rings. The number of sulfone groups is 1. The Kier molecular flexibility index (Phi) is 6.31. The number of carbonyl (C=O) groups excluding carboxylic acids is 2. The lowest BCUT2D eigenvalue weighted by Crippen LogP contribution is -2.31. The van der Waals surface area contributed by atoms with Crippen LogP contribution in [0.4, 0.5) is 0 Å². The fourth-order valence-electron chi connectivity index (χ4n) is 5.06. The molecule has 1 unspecified atom stereocenters. The number of rotatable bonds is 7. The molecule has 0 spiro atoms. The van der Waals surface area contributed by atoms with Gasteiger partial charge >= 0.3 is 0 Å². The van der Waals surface area contributed by atoms with Crippen molar-refractivity contribution in [2.75, 3.05) is 31.1 Å². The van der Waals surface area contributed by atoms with Crippen molar-refractivity contribution in [3.05, 3.63) is 47.9 Å². The van der Waals surface area contributed by atoms with Gasteiger partial charge in [-0.1, -0.05) is 30.3 Å². The summed E-state index contributed by atoms with van der Waals surface area (Å²) in [6.07, 6.45) is 2.68. The zero-order valence-electron chi connectivity index (χ0n) is 19.7. The molecule has 2 saturated heterocycles. The summed E-state index contributed by atoms with van der Waals surface area (Å²) >= 11 is 0. The molecule has 2 aliphatic heterocycles. The lowest BCUT2D eigenvalue weighted by atomic mass is 10.1. The first-order chi connectivity index (χ1) is 16.8. The fourth-order valence-corrected chi connectivity index (χ4v) is 6.76. The van der Waals surface area contributed by atoms with Crippen molar-refractivity contribution in [3.63, 3.8) is 0 Å². The number of benzene rings is 1. The van der Waals surface area contributed by atoms with Crippen LogP contribution in [0, 0.1) is 6.92 Å². The predicted octanol–water partition coefficient (Wildman–Crippen LogP) is 2.51. The number of amides is 2. The highest BCUT2D eigenvalue weighted by atomic mass is 32.2. The van der Waals surface area contributed by atoms with Crippen molar-refractivity contribution in [1.29, 1.82) is 0 Å². The van der Waals surface area contributed by atoms with Crippen LogP contribution >= 0.6 is 0 Å². The second-order valence-electron chi connectivity index (χ2n) is 9.27. The minimum Gasteiger partial charge on any atom is -0.351 e. The summed E-state index contributed by atoms with van der Waals surface area (Å²) in [5.74, 6) is 0.726. The molecule has 3 aromatic rings. The van der Waals surface area contributed by atoms with Gasteiger partial charge in [-0.25, -0.2) is 18.4 Å². The van der Waals surface area contributed by atoms with E-state index >= 15 is 0 Å². The van der Waals surface area contributed by atoms with Crippen molar-refractivity contribution in [3.8, 4) is 11.3 Å². The highest BCUT2D eigenvalue weighted by Gasteiger charge is 2.32. The Morgan fingerprint density at radius 2 is 2.00 bits per heavy atom. The molecule has 0 aliphatic carbocycles. The smallest absolute Gasteiger partial charge is 0.272 e. The van der Waals surface area contributed by atoms with E-state index in [1.807, 2.05) is 52.8 Å². The summed E-state index contributed by atoms with van der Waals surface area (Å²) in [5.41, 5.74) is 2.90. The first-order valence-corrected chi connectivity index (χ1v) is 13.9. The third kappa shape index (κ3) is 4.80. The molecule has 9 nitrogen and oxygen atoms in total. The molecule has 5 rings (SSSR count). The van der Waals surface area contributed by atoms with Gasteiger partial charge in [0.15, 0.2) is 15.5 Å². The average Bonchev–Trinajstić information content (AvgIpc) is 3.51. The van der Waals surface area contributed by atoms with Gasteiger partial charge in [0.1, 0.15) is 11.3 Å². The summed E-state index contributed by atoms with van der Waals surface area (Å²) in [6, 6.07) is 11.3. The van der Waals surface area contributed by atoms with E-state index in [4.69, 9.17) is 0 Å². The Morgan fingerprint density at radius 1 is 1.20 bits per heavy atom. The molecule has 35 heavy (non-hydrogen) atoms. The van der Waals surface area contributed by atoms with Gasteiger partial charge < -0.3 is 14.8 Å². The SMILES string of the molecule is Cc1nc2c(C(=O)NCCCN3CCCC3=O)nc(-c3ccccc3)cc2n1C1CCS(=O)(=O)C1. The first kappa shape index (κ1) is 23.5. The fraction of sp³-hybridized carbons (Fsp3) is 0.440. The van der Waals surface area contributed by atoms with Crippen LogP contribution in [-0.4, -0.2) is 70.8 Å². The number of nitrogens with zero attached hydrogens (tertiary/aromatic N) is 4. The van der Waals surface area contributed by atoms with Gasteiger partial charge in [-0.05, 0) is 32.3 Å². The van der Waals surface area contributed by atoms with E-state index in [9.17, 15) is 18.0 Å². The summed E-state index contributed by atoms with van der Waals surface area (Å²) in [4.78, 5) is 36.2. The standard InChI is InChI=1S/C25H29N5O4S/c1-17-27-23-21(30(17)19-10-14-35(33,34)16-19)15-20(18-7-3-2-4-8-18)28-24(23)25(32)26-11-6-13-29-12-5-9-22(29)31/h2-4,7-8,15,19H,5-6,9-14,16H2,1H3,(H,26,32). The average molecular weight is 496 g/mol. The molecule has 0 radical (unpaired) electrons. The van der Waals surface area contributed by atoms with Gasteiger partial charge in [-0.2, -0.15) is 0 Å². The van der Waals surface area contributed by atoms with Crippen molar-refractivity contribution >= 4 is 32.7 Å². The second kappa shape index (κ2) is 9.41. The van der Waals surface area contributed by atoms with E-state index in [2.05, 4.69) is 15.3 Å². The third-order valence-electron chi connectivity index (χ3n) is 6.77. The number of pyridine rings is 1. The van der Waals surface area contributed by atoms with Gasteiger partial charge in [0.25, 0.3) is 5.91 Å². The first-order valence-electron chi connectivity index (χ1n) is 12.0. The number of nitrogens with one attached hydrogen (secondary N) is 1. The van der Waals surface area contributed by atoms with Crippen LogP contribution in [0.3, 0.4) is 0 Å². The molecule has 10 heteroatoms. The van der Waals surface area contributed by atoms with Crippen molar-refractivity contribution in [2.45, 2.75) is 38.6 Å². The maximum absolute atomic E-state index is 13.2. The number of hydrogen-bond donors (Lipinski definition) is 1. The molecule has 1 atom stereocenters. The Morgan fingerprint density at radius 3 is 2.69 bits per heavy atom. The van der Waals surface area contributed by atoms with Crippen LogP contribution in [0.25, 0.3) is 22.3 Å². The number of aromatic nitrogens is 3. The maximum atomic E-state index is 13.2. The van der Waals surface area contributed by atoms with Crippen LogP contribution in [0.5, 0.6) is 0 Å². The van der Waals surface area contributed by atoms with E-state index in [1.165, 1.54) is 0 Å². The number of aryl methyl sites for hydroxylation is 1. The summed E-state index contributed by atoms with van der Waals surface area (Å²) < 4.78 is 26.3. The van der Waals surface area contributed by atoms with Gasteiger partial charge in [-0.3, -0.25) is 9.59 Å². The van der Waals surface area contributed by atoms with Crippen LogP contribution in [0.2, 0.25) is 0 Å². The zero-order valence-corrected chi connectivity index (χ0v) is 20.6. The lowest BCUT2D eigenvalue weighted by Gasteiger charge is -2.16. The van der Waals surface area contributed by atoms with E-state index in [1.54, 1.807) is 0 Å². The van der Waals surface area contributed by atoms with E-state index in [0.29, 0.717) is 54.9 Å².